The van der Waals surface area contributed by atoms with E-state index < -0.39 is 0 Å². The van der Waals surface area contributed by atoms with Gasteiger partial charge in [-0.3, -0.25) is 14.3 Å². The number of hydrogen-bond acceptors (Lipinski definition) is 7. The van der Waals surface area contributed by atoms with E-state index in [1.807, 2.05) is 65.2 Å². The molecule has 1 aliphatic carbocycles. The minimum atomic E-state index is -0.373. The van der Waals surface area contributed by atoms with E-state index in [4.69, 9.17) is 19.9 Å². The van der Waals surface area contributed by atoms with E-state index in [1.165, 1.54) is 0 Å². The van der Waals surface area contributed by atoms with Crippen molar-refractivity contribution >= 4 is 17.1 Å². The lowest BCUT2D eigenvalue weighted by molar-refractivity contribution is -0.0410. The highest BCUT2D eigenvalue weighted by atomic mass is 16.5. The van der Waals surface area contributed by atoms with Crippen molar-refractivity contribution in [2.75, 3.05) is 12.3 Å². The second-order valence-electron chi connectivity index (χ2n) is 8.77. The van der Waals surface area contributed by atoms with Gasteiger partial charge in [0.2, 0.25) is 5.95 Å². The first-order chi connectivity index (χ1) is 16.7. The maximum absolute atomic E-state index is 12.3. The number of ether oxygens (including phenoxy) is 3. The van der Waals surface area contributed by atoms with Crippen LogP contribution in [0.3, 0.4) is 0 Å². The van der Waals surface area contributed by atoms with Crippen LogP contribution in [0, 0.1) is 5.92 Å². The molecular weight excluding hydrogens is 434 g/mol. The number of aromatic nitrogens is 4. The lowest BCUT2D eigenvalue weighted by Crippen LogP contribution is -2.33. The Balaban J connectivity index is 1.26. The predicted molar refractivity (Wildman–Crippen MR) is 125 cm³/mol. The summed E-state index contributed by atoms with van der Waals surface area (Å²) in [6.07, 6.45) is 0.422. The minimum absolute atomic E-state index is 0.00600. The molecule has 0 unspecified atom stereocenters. The first-order valence-corrected chi connectivity index (χ1v) is 11.4. The van der Waals surface area contributed by atoms with E-state index in [2.05, 4.69) is 15.0 Å². The van der Waals surface area contributed by atoms with Crippen molar-refractivity contribution in [1.82, 2.24) is 19.5 Å². The van der Waals surface area contributed by atoms with Crippen molar-refractivity contribution in [2.45, 2.75) is 37.9 Å². The fourth-order valence-electron chi connectivity index (χ4n) is 5.01. The summed E-state index contributed by atoms with van der Waals surface area (Å²) in [5, 5.41) is 0. The van der Waals surface area contributed by atoms with E-state index in [0.29, 0.717) is 37.9 Å². The van der Waals surface area contributed by atoms with Gasteiger partial charge < -0.3 is 19.9 Å². The first-order valence-electron chi connectivity index (χ1n) is 11.4. The van der Waals surface area contributed by atoms with E-state index in [1.54, 1.807) is 0 Å². The van der Waals surface area contributed by atoms with Gasteiger partial charge in [0.15, 0.2) is 11.2 Å². The van der Waals surface area contributed by atoms with Crippen molar-refractivity contribution in [1.29, 1.82) is 0 Å². The molecule has 0 radical (unpaired) electrons. The summed E-state index contributed by atoms with van der Waals surface area (Å²) in [5.41, 5.74) is 8.33. The topological polar surface area (TPSA) is 117 Å². The number of nitrogens with zero attached hydrogens (tertiary/aromatic N) is 3. The van der Waals surface area contributed by atoms with Crippen LogP contribution in [0.4, 0.5) is 5.95 Å². The Morgan fingerprint density at radius 3 is 2.47 bits per heavy atom. The Kier molecular flexibility index (Phi) is 5.27. The van der Waals surface area contributed by atoms with Gasteiger partial charge in [0, 0.05) is 5.92 Å². The van der Waals surface area contributed by atoms with Crippen LogP contribution in [-0.4, -0.2) is 38.3 Å². The highest BCUT2D eigenvalue weighted by molar-refractivity contribution is 5.73. The third-order valence-corrected chi connectivity index (χ3v) is 6.59. The largest absolute Gasteiger partial charge is 0.459 e. The van der Waals surface area contributed by atoms with E-state index in [9.17, 15) is 4.79 Å². The summed E-state index contributed by atoms with van der Waals surface area (Å²) in [4.78, 5) is 23.5. The van der Waals surface area contributed by atoms with Crippen LogP contribution in [0.5, 0.6) is 6.01 Å². The second-order valence-corrected chi connectivity index (χ2v) is 8.77. The fraction of sp³-hybridized carbons (Fsp3) is 0.320. The number of rotatable bonds is 7. The van der Waals surface area contributed by atoms with Crippen LogP contribution >= 0.6 is 0 Å². The van der Waals surface area contributed by atoms with E-state index in [-0.39, 0.29) is 41.2 Å². The average Bonchev–Trinajstić information content (AvgIpc) is 3.48. The smallest absolute Gasteiger partial charge is 0.299 e. The molecule has 0 spiro atoms. The highest BCUT2D eigenvalue weighted by Crippen LogP contribution is 2.47. The number of hydrogen-bond donors (Lipinski definition) is 2. The van der Waals surface area contributed by atoms with Gasteiger partial charge in [-0.2, -0.15) is 9.97 Å². The Hall–Kier alpha value is -3.69. The second kappa shape index (κ2) is 8.58. The molecule has 0 bridgehead atoms. The van der Waals surface area contributed by atoms with Crippen LogP contribution in [0.2, 0.25) is 0 Å². The van der Waals surface area contributed by atoms with Gasteiger partial charge in [-0.05, 0) is 17.5 Å². The third kappa shape index (κ3) is 3.72. The van der Waals surface area contributed by atoms with Crippen LogP contribution in [0.15, 0.2) is 65.5 Å². The molecule has 1 aliphatic heterocycles. The lowest BCUT2D eigenvalue weighted by Gasteiger charge is -2.23. The molecule has 3 heterocycles. The quantitative estimate of drug-likeness (QED) is 0.436. The molecule has 4 aromatic rings. The Bertz CT molecular complexity index is 1350. The molecule has 2 aliphatic rings. The summed E-state index contributed by atoms with van der Waals surface area (Å²) in [5.74, 6) is 0.0507. The molecule has 9 nitrogen and oxygen atoms in total. The molecule has 0 saturated heterocycles. The molecule has 9 heteroatoms. The summed E-state index contributed by atoms with van der Waals surface area (Å²) in [6.45, 7) is 1.50. The number of nitrogens with one attached hydrogen (secondary N) is 1. The average molecular weight is 460 g/mol. The standard InChI is InChI=1S/C25H25N5O4/c26-24-28-22-20(23(31)29-24)27-25-30(22)18-11-19(33-13-16-9-5-2-6-10-16)17(21(18)34-25)14-32-12-15-7-3-1-4-8-15/h1-10,17-19,21H,11-14H2,(H3,26,28,29,31)/t17-,18+,19+,21-/m1/s1. The van der Waals surface area contributed by atoms with Gasteiger partial charge in [-0.1, -0.05) is 60.7 Å². The fourth-order valence-corrected chi connectivity index (χ4v) is 5.01. The number of nitrogens with two attached hydrogens (primary N) is 1. The molecule has 2 aromatic carbocycles. The molecule has 0 amide bonds. The van der Waals surface area contributed by atoms with Crippen molar-refractivity contribution in [3.05, 3.63) is 82.1 Å². The number of nitrogen functional groups attached to an aromatic ring is 1. The van der Waals surface area contributed by atoms with Gasteiger partial charge >= 0.3 is 0 Å². The molecule has 1 fully saturated rings. The molecule has 1 saturated carbocycles. The number of H-pyrrole nitrogens is 1. The molecule has 34 heavy (non-hydrogen) atoms. The maximum atomic E-state index is 12.3. The number of benzene rings is 2. The van der Waals surface area contributed by atoms with E-state index in [0.717, 1.165) is 11.1 Å². The number of anilines is 1. The maximum Gasteiger partial charge on any atom is 0.299 e. The molecule has 174 valence electrons. The molecular formula is C25H25N5O4. The lowest BCUT2D eigenvalue weighted by atomic mass is 10.0. The van der Waals surface area contributed by atoms with Gasteiger partial charge in [-0.15, -0.1) is 0 Å². The van der Waals surface area contributed by atoms with Crippen LogP contribution < -0.4 is 16.0 Å². The van der Waals surface area contributed by atoms with Crippen LogP contribution in [-0.2, 0) is 22.7 Å². The zero-order valence-electron chi connectivity index (χ0n) is 18.5. The van der Waals surface area contributed by atoms with Crippen molar-refractivity contribution in [2.24, 2.45) is 5.92 Å². The number of aromatic amines is 1. The Morgan fingerprint density at radius 2 is 1.74 bits per heavy atom. The molecule has 4 atom stereocenters. The summed E-state index contributed by atoms with van der Waals surface area (Å²) < 4.78 is 20.7. The molecule has 2 aromatic heterocycles. The van der Waals surface area contributed by atoms with Gasteiger partial charge in [0.1, 0.15) is 6.10 Å². The number of imidazole rings is 1. The predicted octanol–water partition coefficient (Wildman–Crippen LogP) is 2.83. The zero-order valence-corrected chi connectivity index (χ0v) is 18.5. The van der Waals surface area contributed by atoms with Crippen molar-refractivity contribution in [3.8, 4) is 6.01 Å². The Labute approximate surface area is 195 Å². The minimum Gasteiger partial charge on any atom is -0.459 e. The van der Waals surface area contributed by atoms with Gasteiger partial charge in [0.05, 0.1) is 32.0 Å². The highest BCUT2D eigenvalue weighted by Gasteiger charge is 2.52. The zero-order chi connectivity index (χ0) is 23.1. The first kappa shape index (κ1) is 20.9. The summed E-state index contributed by atoms with van der Waals surface area (Å²) >= 11 is 0. The Morgan fingerprint density at radius 1 is 1.03 bits per heavy atom. The SMILES string of the molecule is Nc1nc2c(nc3n2[C@H]2C[C@H](OCc4ccccc4)[C@@H](COCc4ccccc4)[C@H]2O3)c(=O)[nH]1. The normalized spacial score (nSPS) is 23.1. The summed E-state index contributed by atoms with van der Waals surface area (Å²) in [7, 11) is 0. The van der Waals surface area contributed by atoms with Crippen molar-refractivity contribution < 1.29 is 14.2 Å². The molecule has 3 N–H and O–H groups in total. The van der Waals surface area contributed by atoms with Crippen LogP contribution in [0.25, 0.3) is 11.2 Å². The van der Waals surface area contributed by atoms with Gasteiger partial charge in [0.25, 0.3) is 11.6 Å². The summed E-state index contributed by atoms with van der Waals surface area (Å²) in [6, 6.07) is 20.5. The molecule has 6 rings (SSSR count). The van der Waals surface area contributed by atoms with E-state index >= 15 is 0 Å². The third-order valence-electron chi connectivity index (χ3n) is 6.59. The van der Waals surface area contributed by atoms with Crippen molar-refractivity contribution in [3.63, 3.8) is 0 Å². The van der Waals surface area contributed by atoms with Crippen LogP contribution in [0.1, 0.15) is 23.6 Å². The van der Waals surface area contributed by atoms with Gasteiger partial charge in [-0.25, -0.2) is 0 Å². The number of fused-ring (bicyclic) bond motifs is 5. The monoisotopic (exact) mass is 459 g/mol.